The van der Waals surface area contributed by atoms with E-state index in [0.717, 1.165) is 37.4 Å². The van der Waals surface area contributed by atoms with E-state index in [-0.39, 0.29) is 0 Å². The quantitative estimate of drug-likeness (QED) is 0.818. The minimum Gasteiger partial charge on any atom is -0.493 e. The molecule has 0 unspecified atom stereocenters. The second-order valence-electron chi connectivity index (χ2n) is 6.35. The predicted molar refractivity (Wildman–Crippen MR) is 87.0 cm³/mol. The van der Waals surface area contributed by atoms with Crippen LogP contribution in [-0.2, 0) is 6.54 Å². The SMILES string of the molecule is COc1cccc(CNCC(C)C)c1OC1CCCCC1. The van der Waals surface area contributed by atoms with E-state index in [0.29, 0.717) is 12.0 Å². The summed E-state index contributed by atoms with van der Waals surface area (Å²) >= 11 is 0. The van der Waals surface area contributed by atoms with Crippen LogP contribution in [-0.4, -0.2) is 19.8 Å². The Hall–Kier alpha value is -1.22. The second-order valence-corrected chi connectivity index (χ2v) is 6.35. The molecule has 0 spiro atoms. The molecule has 0 saturated heterocycles. The molecule has 118 valence electrons. The summed E-state index contributed by atoms with van der Waals surface area (Å²) in [7, 11) is 1.72. The van der Waals surface area contributed by atoms with E-state index in [4.69, 9.17) is 9.47 Å². The van der Waals surface area contributed by atoms with Gasteiger partial charge in [0, 0.05) is 12.1 Å². The summed E-state index contributed by atoms with van der Waals surface area (Å²) in [5.41, 5.74) is 1.19. The van der Waals surface area contributed by atoms with Crippen LogP contribution in [0.5, 0.6) is 11.5 Å². The van der Waals surface area contributed by atoms with Gasteiger partial charge in [0.15, 0.2) is 11.5 Å². The Labute approximate surface area is 129 Å². The zero-order valence-electron chi connectivity index (χ0n) is 13.7. The van der Waals surface area contributed by atoms with Crippen LogP contribution in [0.2, 0.25) is 0 Å². The number of hydrogen-bond donors (Lipinski definition) is 1. The summed E-state index contributed by atoms with van der Waals surface area (Å²) in [5, 5.41) is 3.49. The fraction of sp³-hybridized carbons (Fsp3) is 0.667. The van der Waals surface area contributed by atoms with Gasteiger partial charge in [-0.2, -0.15) is 0 Å². The maximum atomic E-state index is 6.30. The molecule has 1 aromatic carbocycles. The average Bonchev–Trinajstić information content (AvgIpc) is 2.49. The van der Waals surface area contributed by atoms with Crippen LogP contribution < -0.4 is 14.8 Å². The molecule has 3 heteroatoms. The van der Waals surface area contributed by atoms with Crippen LogP contribution in [0, 0.1) is 5.92 Å². The largest absolute Gasteiger partial charge is 0.493 e. The van der Waals surface area contributed by atoms with Crippen LogP contribution in [0.25, 0.3) is 0 Å². The molecule has 0 heterocycles. The molecule has 0 amide bonds. The first-order valence-corrected chi connectivity index (χ1v) is 8.24. The molecular weight excluding hydrogens is 262 g/mol. The van der Waals surface area contributed by atoms with Crippen molar-refractivity contribution in [3.63, 3.8) is 0 Å². The Balaban J connectivity index is 2.07. The standard InChI is InChI=1S/C18H29NO2/c1-14(2)12-19-13-15-8-7-11-17(20-3)18(15)21-16-9-5-4-6-10-16/h7-8,11,14,16,19H,4-6,9-10,12-13H2,1-3H3. The lowest BCUT2D eigenvalue weighted by molar-refractivity contribution is 0.148. The molecule has 1 aliphatic carbocycles. The van der Waals surface area contributed by atoms with E-state index in [1.54, 1.807) is 7.11 Å². The lowest BCUT2D eigenvalue weighted by Gasteiger charge is -2.25. The Bertz CT molecular complexity index is 425. The van der Waals surface area contributed by atoms with Crippen LogP contribution in [0.15, 0.2) is 18.2 Å². The van der Waals surface area contributed by atoms with E-state index in [1.165, 1.54) is 24.8 Å². The Morgan fingerprint density at radius 2 is 1.95 bits per heavy atom. The summed E-state index contributed by atoms with van der Waals surface area (Å²) in [6.07, 6.45) is 6.57. The predicted octanol–water partition coefficient (Wildman–Crippen LogP) is 4.15. The van der Waals surface area contributed by atoms with Gasteiger partial charge >= 0.3 is 0 Å². The Kier molecular flexibility index (Phi) is 6.37. The maximum absolute atomic E-state index is 6.30. The fourth-order valence-electron chi connectivity index (χ4n) is 2.84. The van der Waals surface area contributed by atoms with Crippen LogP contribution in [0.4, 0.5) is 0 Å². The highest BCUT2D eigenvalue weighted by Gasteiger charge is 2.19. The lowest BCUT2D eigenvalue weighted by atomic mass is 9.97. The van der Waals surface area contributed by atoms with Crippen LogP contribution in [0.1, 0.15) is 51.5 Å². The monoisotopic (exact) mass is 291 g/mol. The summed E-state index contributed by atoms with van der Waals surface area (Å²) in [6, 6.07) is 6.16. The van der Waals surface area contributed by atoms with Gasteiger partial charge in [-0.25, -0.2) is 0 Å². The van der Waals surface area contributed by atoms with Gasteiger partial charge < -0.3 is 14.8 Å². The van der Waals surface area contributed by atoms with Crippen molar-refractivity contribution in [2.24, 2.45) is 5.92 Å². The number of ether oxygens (including phenoxy) is 2. The number of hydrogen-bond acceptors (Lipinski definition) is 3. The minimum absolute atomic E-state index is 0.346. The van der Waals surface area contributed by atoms with Crippen LogP contribution in [0.3, 0.4) is 0 Å². The summed E-state index contributed by atoms with van der Waals surface area (Å²) < 4.78 is 11.8. The van der Waals surface area contributed by atoms with Crippen molar-refractivity contribution in [2.75, 3.05) is 13.7 Å². The van der Waals surface area contributed by atoms with Crippen molar-refractivity contribution in [2.45, 2.75) is 58.6 Å². The molecule has 21 heavy (non-hydrogen) atoms. The van der Waals surface area contributed by atoms with Crippen LogP contribution >= 0.6 is 0 Å². The van der Waals surface area contributed by atoms with Gasteiger partial charge in [0.1, 0.15) is 0 Å². The van der Waals surface area contributed by atoms with Gasteiger partial charge in [0.2, 0.25) is 0 Å². The zero-order valence-corrected chi connectivity index (χ0v) is 13.7. The van der Waals surface area contributed by atoms with Gasteiger partial charge in [-0.15, -0.1) is 0 Å². The molecule has 0 atom stereocenters. The molecule has 1 aliphatic rings. The van der Waals surface area contributed by atoms with E-state index in [9.17, 15) is 0 Å². The summed E-state index contributed by atoms with van der Waals surface area (Å²) in [6.45, 7) is 6.29. The van der Waals surface area contributed by atoms with E-state index < -0.39 is 0 Å². The zero-order chi connectivity index (χ0) is 15.1. The number of rotatable bonds is 7. The molecule has 1 aromatic rings. The Morgan fingerprint density at radius 1 is 1.19 bits per heavy atom. The molecule has 0 aliphatic heterocycles. The Morgan fingerprint density at radius 3 is 2.62 bits per heavy atom. The van der Waals surface area contributed by atoms with Gasteiger partial charge in [0.05, 0.1) is 13.2 Å². The summed E-state index contributed by atoms with van der Waals surface area (Å²) in [5.74, 6) is 2.44. The lowest BCUT2D eigenvalue weighted by Crippen LogP contribution is -2.23. The highest BCUT2D eigenvalue weighted by Crippen LogP contribution is 2.34. The van der Waals surface area contributed by atoms with Crippen molar-refractivity contribution < 1.29 is 9.47 Å². The first-order chi connectivity index (χ1) is 10.2. The van der Waals surface area contributed by atoms with E-state index in [2.05, 4.69) is 25.2 Å². The van der Waals surface area contributed by atoms with Gasteiger partial charge in [-0.3, -0.25) is 0 Å². The van der Waals surface area contributed by atoms with Crippen molar-refractivity contribution in [1.82, 2.24) is 5.32 Å². The third kappa shape index (κ3) is 4.92. The molecule has 1 fully saturated rings. The molecular formula is C18H29NO2. The van der Waals surface area contributed by atoms with Crippen molar-refractivity contribution in [3.8, 4) is 11.5 Å². The van der Waals surface area contributed by atoms with E-state index in [1.807, 2.05) is 12.1 Å². The molecule has 0 aromatic heterocycles. The third-order valence-electron chi connectivity index (χ3n) is 3.99. The number of nitrogens with one attached hydrogen (secondary N) is 1. The smallest absolute Gasteiger partial charge is 0.166 e. The number of methoxy groups -OCH3 is 1. The molecule has 3 nitrogen and oxygen atoms in total. The van der Waals surface area contributed by atoms with Gasteiger partial charge in [-0.05, 0) is 44.2 Å². The maximum Gasteiger partial charge on any atom is 0.166 e. The first kappa shape index (κ1) is 16.2. The first-order valence-electron chi connectivity index (χ1n) is 8.24. The molecule has 2 rings (SSSR count). The highest BCUT2D eigenvalue weighted by molar-refractivity contribution is 5.46. The van der Waals surface area contributed by atoms with Crippen molar-refractivity contribution in [1.29, 1.82) is 0 Å². The highest BCUT2D eigenvalue weighted by atomic mass is 16.5. The number of benzene rings is 1. The topological polar surface area (TPSA) is 30.5 Å². The minimum atomic E-state index is 0.346. The van der Waals surface area contributed by atoms with Crippen molar-refractivity contribution >= 4 is 0 Å². The van der Waals surface area contributed by atoms with Gasteiger partial charge in [0.25, 0.3) is 0 Å². The average molecular weight is 291 g/mol. The van der Waals surface area contributed by atoms with E-state index >= 15 is 0 Å². The molecule has 0 bridgehead atoms. The molecule has 1 N–H and O–H groups in total. The second kappa shape index (κ2) is 8.28. The van der Waals surface area contributed by atoms with Gasteiger partial charge in [-0.1, -0.05) is 32.4 Å². The normalized spacial score (nSPS) is 16.2. The third-order valence-corrected chi connectivity index (χ3v) is 3.99. The molecule has 1 saturated carbocycles. The van der Waals surface area contributed by atoms with Crippen molar-refractivity contribution in [3.05, 3.63) is 23.8 Å². The number of para-hydroxylation sites is 1. The summed E-state index contributed by atoms with van der Waals surface area (Å²) in [4.78, 5) is 0. The molecule has 0 radical (unpaired) electrons. The fourth-order valence-corrected chi connectivity index (χ4v) is 2.84.